The maximum absolute atomic E-state index is 14.1. The van der Waals surface area contributed by atoms with Crippen molar-refractivity contribution < 1.29 is 8.78 Å². The summed E-state index contributed by atoms with van der Waals surface area (Å²) in [5, 5.41) is 1.36. The molecule has 2 N–H and O–H groups in total. The lowest BCUT2D eigenvalue weighted by molar-refractivity contribution is 0.592. The van der Waals surface area contributed by atoms with Crippen molar-refractivity contribution in [3.63, 3.8) is 0 Å². The number of thioether (sulfide) groups is 1. The Balaban J connectivity index is 2.20. The summed E-state index contributed by atoms with van der Waals surface area (Å²) in [6.07, 6.45) is 3.52. The molecule has 21 heavy (non-hydrogen) atoms. The molecule has 0 unspecified atom stereocenters. The second-order valence-electron chi connectivity index (χ2n) is 4.46. The lowest BCUT2D eigenvalue weighted by Gasteiger charge is -2.08. The first-order valence-electron chi connectivity index (χ1n) is 6.15. The first-order valence-corrected chi connectivity index (χ1v) is 7.37. The van der Waals surface area contributed by atoms with Crippen molar-refractivity contribution >= 4 is 28.4 Å². The molecule has 3 aromatic rings. The van der Waals surface area contributed by atoms with Crippen LogP contribution in [0.4, 0.5) is 14.5 Å². The van der Waals surface area contributed by atoms with E-state index in [4.69, 9.17) is 5.73 Å². The smallest absolute Gasteiger partial charge is 0.187 e. The van der Waals surface area contributed by atoms with Gasteiger partial charge in [0.15, 0.2) is 11.0 Å². The van der Waals surface area contributed by atoms with Crippen molar-refractivity contribution in [2.45, 2.75) is 5.16 Å². The van der Waals surface area contributed by atoms with E-state index in [0.717, 1.165) is 11.6 Å². The number of aromatic nitrogens is 2. The number of rotatable bonds is 2. The van der Waals surface area contributed by atoms with Crippen LogP contribution in [-0.2, 0) is 0 Å². The van der Waals surface area contributed by atoms with E-state index in [2.05, 4.69) is 9.97 Å². The molecule has 6 heteroatoms. The molecule has 0 spiro atoms. The minimum atomic E-state index is -0.754. The molecule has 0 aliphatic carbocycles. The van der Waals surface area contributed by atoms with Gasteiger partial charge in [-0.3, -0.25) is 0 Å². The van der Waals surface area contributed by atoms with Crippen LogP contribution in [0.25, 0.3) is 22.0 Å². The minimum Gasteiger partial charge on any atom is -0.396 e. The molecule has 2 aromatic carbocycles. The maximum atomic E-state index is 14.1. The number of anilines is 1. The van der Waals surface area contributed by atoms with Crippen LogP contribution in [-0.4, -0.2) is 16.2 Å². The molecular formula is C15H11F2N3S. The molecule has 0 radical (unpaired) electrons. The molecule has 0 saturated carbocycles. The molecule has 3 nitrogen and oxygen atoms in total. The third kappa shape index (κ3) is 2.42. The number of hydrogen-bond acceptors (Lipinski definition) is 4. The predicted molar refractivity (Wildman–Crippen MR) is 81.1 cm³/mol. The van der Waals surface area contributed by atoms with Crippen LogP contribution in [0.15, 0.2) is 41.7 Å². The van der Waals surface area contributed by atoms with Crippen LogP contribution >= 0.6 is 11.8 Å². The lowest BCUT2D eigenvalue weighted by atomic mass is 10.0. The third-order valence-corrected chi connectivity index (χ3v) is 3.71. The topological polar surface area (TPSA) is 51.8 Å². The number of benzene rings is 2. The molecule has 0 fully saturated rings. The van der Waals surface area contributed by atoms with Crippen molar-refractivity contribution in [3.8, 4) is 11.1 Å². The Hall–Kier alpha value is -2.21. The van der Waals surface area contributed by atoms with E-state index in [1.165, 1.54) is 17.8 Å². The van der Waals surface area contributed by atoms with E-state index in [-0.39, 0.29) is 11.3 Å². The molecule has 3 rings (SSSR count). The largest absolute Gasteiger partial charge is 0.396 e. The average Bonchev–Trinajstić information content (AvgIpc) is 2.51. The van der Waals surface area contributed by atoms with Gasteiger partial charge in [-0.1, -0.05) is 17.8 Å². The number of halogens is 2. The summed E-state index contributed by atoms with van der Waals surface area (Å²) in [5.41, 5.74) is 6.42. The van der Waals surface area contributed by atoms with E-state index < -0.39 is 11.6 Å². The van der Waals surface area contributed by atoms with Gasteiger partial charge in [0.25, 0.3) is 0 Å². The quantitative estimate of drug-likeness (QED) is 0.443. The normalized spacial score (nSPS) is 11.0. The number of fused-ring (bicyclic) bond motifs is 1. The Labute approximate surface area is 124 Å². The zero-order valence-corrected chi connectivity index (χ0v) is 11.9. The highest BCUT2D eigenvalue weighted by atomic mass is 32.2. The maximum Gasteiger partial charge on any atom is 0.187 e. The summed E-state index contributed by atoms with van der Waals surface area (Å²) in [5.74, 6) is -1.40. The van der Waals surface area contributed by atoms with E-state index >= 15 is 0 Å². The predicted octanol–water partition coefficient (Wildman–Crippen LogP) is 3.88. The number of nitrogens with two attached hydrogens (primary N) is 1. The SMILES string of the molecule is CSc1ncc2cc(-c3c(F)ccc(N)c3F)ccc2n1. The minimum absolute atomic E-state index is 0.0829. The Morgan fingerprint density at radius 2 is 1.95 bits per heavy atom. The highest BCUT2D eigenvalue weighted by molar-refractivity contribution is 7.98. The van der Waals surface area contributed by atoms with Gasteiger partial charge in [0.05, 0.1) is 16.8 Å². The summed E-state index contributed by atoms with van der Waals surface area (Å²) in [7, 11) is 0. The summed E-state index contributed by atoms with van der Waals surface area (Å²) in [6, 6.07) is 7.36. The van der Waals surface area contributed by atoms with Gasteiger partial charge in [-0.05, 0) is 36.1 Å². The van der Waals surface area contributed by atoms with Crippen LogP contribution in [0.3, 0.4) is 0 Å². The van der Waals surface area contributed by atoms with Crippen molar-refractivity contribution in [2.24, 2.45) is 0 Å². The molecule has 0 aliphatic rings. The molecule has 0 saturated heterocycles. The second-order valence-corrected chi connectivity index (χ2v) is 5.23. The van der Waals surface area contributed by atoms with Crippen LogP contribution in [0.1, 0.15) is 0 Å². The Morgan fingerprint density at radius 1 is 1.14 bits per heavy atom. The number of nitrogen functional groups attached to an aromatic ring is 1. The van der Waals surface area contributed by atoms with E-state index in [1.807, 2.05) is 6.26 Å². The molecule has 0 amide bonds. The highest BCUT2D eigenvalue weighted by Gasteiger charge is 2.14. The third-order valence-electron chi connectivity index (χ3n) is 3.15. The molecule has 106 valence electrons. The average molecular weight is 303 g/mol. The zero-order valence-electron chi connectivity index (χ0n) is 11.1. The molecule has 1 heterocycles. The van der Waals surface area contributed by atoms with Crippen molar-refractivity contribution in [1.29, 1.82) is 0 Å². The van der Waals surface area contributed by atoms with Gasteiger partial charge in [0, 0.05) is 11.6 Å². The molecule has 0 atom stereocenters. The fraction of sp³-hybridized carbons (Fsp3) is 0.0667. The standard InChI is InChI=1S/C15H11F2N3S/c1-21-15-19-7-9-6-8(2-5-12(9)20-15)13-10(16)3-4-11(18)14(13)17/h2-7H,18H2,1H3. The monoisotopic (exact) mass is 303 g/mol. The highest BCUT2D eigenvalue weighted by Crippen LogP contribution is 2.31. The summed E-state index contributed by atoms with van der Waals surface area (Å²) >= 11 is 1.43. The number of nitrogens with zero attached hydrogens (tertiary/aromatic N) is 2. The second kappa shape index (κ2) is 5.29. The van der Waals surface area contributed by atoms with Gasteiger partial charge in [-0.15, -0.1) is 0 Å². The summed E-state index contributed by atoms with van der Waals surface area (Å²) in [6.45, 7) is 0. The zero-order chi connectivity index (χ0) is 15.0. The van der Waals surface area contributed by atoms with Gasteiger partial charge >= 0.3 is 0 Å². The lowest BCUT2D eigenvalue weighted by Crippen LogP contribution is -1.97. The van der Waals surface area contributed by atoms with Crippen LogP contribution in [0, 0.1) is 11.6 Å². The van der Waals surface area contributed by atoms with E-state index in [0.29, 0.717) is 16.1 Å². The van der Waals surface area contributed by atoms with Gasteiger partial charge in [0.2, 0.25) is 0 Å². The van der Waals surface area contributed by atoms with E-state index in [1.54, 1.807) is 24.4 Å². The van der Waals surface area contributed by atoms with Crippen LogP contribution in [0.2, 0.25) is 0 Å². The molecular weight excluding hydrogens is 292 g/mol. The summed E-state index contributed by atoms with van der Waals surface area (Å²) < 4.78 is 28.0. The Morgan fingerprint density at radius 3 is 2.71 bits per heavy atom. The van der Waals surface area contributed by atoms with Gasteiger partial charge in [0.1, 0.15) is 5.82 Å². The first kappa shape index (κ1) is 13.8. The molecule has 0 aliphatic heterocycles. The Kier molecular flexibility index (Phi) is 3.47. The van der Waals surface area contributed by atoms with Crippen molar-refractivity contribution in [3.05, 3.63) is 48.2 Å². The van der Waals surface area contributed by atoms with E-state index in [9.17, 15) is 8.78 Å². The van der Waals surface area contributed by atoms with Crippen molar-refractivity contribution in [2.75, 3.05) is 12.0 Å². The molecule has 1 aromatic heterocycles. The number of hydrogen-bond donors (Lipinski definition) is 1. The van der Waals surface area contributed by atoms with Gasteiger partial charge < -0.3 is 5.73 Å². The Bertz CT molecular complexity index is 837. The fourth-order valence-corrected chi connectivity index (χ4v) is 2.45. The van der Waals surface area contributed by atoms with Crippen molar-refractivity contribution in [1.82, 2.24) is 9.97 Å². The summed E-state index contributed by atoms with van der Waals surface area (Å²) in [4.78, 5) is 8.49. The van der Waals surface area contributed by atoms with Gasteiger partial charge in [-0.2, -0.15) is 0 Å². The van der Waals surface area contributed by atoms with Crippen LogP contribution < -0.4 is 5.73 Å². The molecule has 0 bridgehead atoms. The first-order chi connectivity index (χ1) is 10.1. The van der Waals surface area contributed by atoms with Gasteiger partial charge in [-0.25, -0.2) is 18.7 Å². The van der Waals surface area contributed by atoms with Crippen LogP contribution in [0.5, 0.6) is 0 Å². The fourth-order valence-electron chi connectivity index (χ4n) is 2.10.